The van der Waals surface area contributed by atoms with Gasteiger partial charge in [-0.1, -0.05) is 0 Å². The zero-order chi connectivity index (χ0) is 16.7. The van der Waals surface area contributed by atoms with Crippen LogP contribution in [0.5, 0.6) is 0 Å². The van der Waals surface area contributed by atoms with Crippen LogP contribution < -0.4 is 5.32 Å². The fraction of sp³-hybridized carbons (Fsp3) is 0.733. The molecule has 1 aliphatic heterocycles. The largest absolute Gasteiger partial charge is 0.394 e. The van der Waals surface area contributed by atoms with E-state index in [0.717, 1.165) is 6.54 Å². The van der Waals surface area contributed by atoms with E-state index in [2.05, 4.69) is 10.4 Å². The summed E-state index contributed by atoms with van der Waals surface area (Å²) in [6.07, 6.45) is 2.12. The van der Waals surface area contributed by atoms with Crippen molar-refractivity contribution >= 4 is 5.91 Å². The van der Waals surface area contributed by atoms with Crippen molar-refractivity contribution in [2.45, 2.75) is 25.1 Å². The van der Waals surface area contributed by atoms with E-state index in [9.17, 15) is 4.79 Å². The Bertz CT molecular complexity index is 492. The van der Waals surface area contributed by atoms with Crippen LogP contribution in [-0.4, -0.2) is 84.9 Å². The highest BCUT2D eigenvalue weighted by molar-refractivity contribution is 5.92. The Morgan fingerprint density at radius 1 is 1.61 bits per heavy atom. The van der Waals surface area contributed by atoms with E-state index in [0.29, 0.717) is 38.5 Å². The molecule has 130 valence electrons. The van der Waals surface area contributed by atoms with Crippen LogP contribution in [0.3, 0.4) is 0 Å². The van der Waals surface area contributed by atoms with E-state index in [1.54, 1.807) is 12.3 Å². The van der Waals surface area contributed by atoms with Crippen LogP contribution in [0.15, 0.2) is 12.3 Å². The third-order valence-corrected chi connectivity index (χ3v) is 3.75. The maximum atomic E-state index is 12.4. The zero-order valence-electron chi connectivity index (χ0n) is 13.8. The Labute approximate surface area is 136 Å². The van der Waals surface area contributed by atoms with Crippen LogP contribution in [0.25, 0.3) is 0 Å². The van der Waals surface area contributed by atoms with Gasteiger partial charge in [0.2, 0.25) is 0 Å². The number of likely N-dealkylation sites (N-methyl/N-ethyl adjacent to an activating group) is 1. The Kier molecular flexibility index (Phi) is 6.97. The van der Waals surface area contributed by atoms with Crippen molar-refractivity contribution in [3.8, 4) is 0 Å². The molecular weight excluding hydrogens is 300 g/mol. The van der Waals surface area contributed by atoms with Crippen LogP contribution in [0.1, 0.15) is 16.9 Å². The van der Waals surface area contributed by atoms with Crippen molar-refractivity contribution in [3.05, 3.63) is 18.0 Å². The molecule has 2 rings (SSSR count). The van der Waals surface area contributed by atoms with Crippen molar-refractivity contribution in [2.75, 3.05) is 47.1 Å². The molecule has 2 N–H and O–H groups in total. The molecule has 0 unspecified atom stereocenters. The van der Waals surface area contributed by atoms with Crippen LogP contribution in [0.2, 0.25) is 0 Å². The topological polar surface area (TPSA) is 88.9 Å². The summed E-state index contributed by atoms with van der Waals surface area (Å²) < 4.78 is 12.8. The average Bonchev–Trinajstić information content (AvgIpc) is 2.97. The number of aliphatic hydroxyl groups is 1. The predicted molar refractivity (Wildman–Crippen MR) is 84.3 cm³/mol. The van der Waals surface area contributed by atoms with E-state index in [1.165, 1.54) is 4.68 Å². The number of carbonyl (C=O) groups excluding carboxylic acids is 1. The minimum absolute atomic E-state index is 0.0600. The standard InChI is InChI=1S/C15H26N4O4/c1-18(2)7-10-23-14-11-22-9-4-12(14)17-15(21)13-3-5-16-19(13)6-8-20/h3,5,12,14,20H,4,6-11H2,1-2H3,(H,17,21)/t12-,14-/m1/s1. The van der Waals surface area contributed by atoms with Gasteiger partial charge in [0.1, 0.15) is 11.8 Å². The van der Waals surface area contributed by atoms with Crippen LogP contribution in [-0.2, 0) is 16.0 Å². The normalized spacial score (nSPS) is 21.6. The molecule has 0 spiro atoms. The fourth-order valence-corrected chi connectivity index (χ4v) is 2.47. The Balaban J connectivity index is 1.92. The summed E-state index contributed by atoms with van der Waals surface area (Å²) in [6, 6.07) is 1.56. The molecule has 1 aromatic heterocycles. The van der Waals surface area contributed by atoms with Crippen molar-refractivity contribution in [1.29, 1.82) is 0 Å². The van der Waals surface area contributed by atoms with E-state index < -0.39 is 0 Å². The van der Waals surface area contributed by atoms with Gasteiger partial charge >= 0.3 is 0 Å². The van der Waals surface area contributed by atoms with Crippen LogP contribution in [0.4, 0.5) is 0 Å². The lowest BCUT2D eigenvalue weighted by Crippen LogP contribution is -2.50. The second-order valence-electron chi connectivity index (χ2n) is 5.82. The lowest BCUT2D eigenvalue weighted by molar-refractivity contribution is -0.0691. The summed E-state index contributed by atoms with van der Waals surface area (Å²) >= 11 is 0. The van der Waals surface area contributed by atoms with Gasteiger partial charge in [-0.05, 0) is 26.6 Å². The van der Waals surface area contributed by atoms with Gasteiger partial charge in [-0.2, -0.15) is 5.10 Å². The molecule has 0 bridgehead atoms. The Morgan fingerprint density at radius 3 is 3.17 bits per heavy atom. The molecule has 0 aromatic carbocycles. The highest BCUT2D eigenvalue weighted by Crippen LogP contribution is 2.13. The van der Waals surface area contributed by atoms with E-state index in [4.69, 9.17) is 14.6 Å². The Morgan fingerprint density at radius 2 is 2.43 bits per heavy atom. The van der Waals surface area contributed by atoms with Crippen LogP contribution in [0, 0.1) is 0 Å². The molecule has 8 heteroatoms. The summed E-state index contributed by atoms with van der Waals surface area (Å²) in [5.41, 5.74) is 0.442. The summed E-state index contributed by atoms with van der Waals surface area (Å²) in [5.74, 6) is -0.205. The van der Waals surface area contributed by atoms with Gasteiger partial charge in [-0.25, -0.2) is 0 Å². The number of nitrogens with one attached hydrogen (secondary N) is 1. The van der Waals surface area contributed by atoms with Crippen molar-refractivity contribution in [3.63, 3.8) is 0 Å². The first-order chi connectivity index (χ1) is 11.1. The second-order valence-corrected chi connectivity index (χ2v) is 5.82. The lowest BCUT2D eigenvalue weighted by Gasteiger charge is -2.32. The van der Waals surface area contributed by atoms with Gasteiger partial charge in [-0.15, -0.1) is 0 Å². The number of amides is 1. The molecule has 1 aliphatic rings. The van der Waals surface area contributed by atoms with Gasteiger partial charge in [0, 0.05) is 19.3 Å². The third kappa shape index (κ3) is 5.28. The zero-order valence-corrected chi connectivity index (χ0v) is 13.8. The first-order valence-corrected chi connectivity index (χ1v) is 7.89. The quantitative estimate of drug-likeness (QED) is 0.659. The molecule has 0 aliphatic carbocycles. The van der Waals surface area contributed by atoms with Crippen molar-refractivity contribution < 1.29 is 19.4 Å². The molecule has 8 nitrogen and oxygen atoms in total. The molecule has 1 saturated heterocycles. The van der Waals surface area contributed by atoms with Crippen molar-refractivity contribution in [2.24, 2.45) is 0 Å². The number of rotatable bonds is 8. The molecular formula is C15H26N4O4. The van der Waals surface area contributed by atoms with E-state index >= 15 is 0 Å². The first-order valence-electron chi connectivity index (χ1n) is 7.89. The number of aromatic nitrogens is 2. The van der Waals surface area contributed by atoms with Gasteiger partial charge in [0.15, 0.2) is 0 Å². The molecule has 2 atom stereocenters. The fourth-order valence-electron chi connectivity index (χ4n) is 2.47. The van der Waals surface area contributed by atoms with Gasteiger partial charge in [-0.3, -0.25) is 9.48 Å². The summed E-state index contributed by atoms with van der Waals surface area (Å²) in [7, 11) is 3.98. The minimum Gasteiger partial charge on any atom is -0.394 e. The van der Waals surface area contributed by atoms with Crippen LogP contribution >= 0.6 is 0 Å². The van der Waals surface area contributed by atoms with E-state index in [-0.39, 0.29) is 24.7 Å². The Hall–Kier alpha value is -1.48. The van der Waals surface area contributed by atoms with Gasteiger partial charge < -0.3 is 24.8 Å². The maximum absolute atomic E-state index is 12.4. The molecule has 0 saturated carbocycles. The molecule has 1 amide bonds. The summed E-state index contributed by atoms with van der Waals surface area (Å²) in [5, 5.41) is 16.1. The number of aliphatic hydroxyl groups excluding tert-OH is 1. The van der Waals surface area contributed by atoms with Crippen molar-refractivity contribution in [1.82, 2.24) is 20.0 Å². The maximum Gasteiger partial charge on any atom is 0.269 e. The average molecular weight is 326 g/mol. The molecule has 1 fully saturated rings. The summed E-state index contributed by atoms with van der Waals surface area (Å²) in [4.78, 5) is 14.5. The number of hydrogen-bond donors (Lipinski definition) is 2. The third-order valence-electron chi connectivity index (χ3n) is 3.75. The van der Waals surface area contributed by atoms with Gasteiger partial charge in [0.05, 0.1) is 32.4 Å². The number of ether oxygens (including phenoxy) is 2. The molecule has 1 aromatic rings. The molecule has 2 heterocycles. The second kappa shape index (κ2) is 8.97. The number of hydrogen-bond acceptors (Lipinski definition) is 6. The predicted octanol–water partition coefficient (Wildman–Crippen LogP) is -0.659. The minimum atomic E-state index is -0.205. The SMILES string of the molecule is CN(C)CCO[C@@H]1COCC[C@H]1NC(=O)c1ccnn1CCO. The first kappa shape index (κ1) is 17.9. The lowest BCUT2D eigenvalue weighted by atomic mass is 10.1. The molecule has 23 heavy (non-hydrogen) atoms. The summed E-state index contributed by atoms with van der Waals surface area (Å²) in [6.45, 7) is 2.74. The van der Waals surface area contributed by atoms with Gasteiger partial charge in [0.25, 0.3) is 5.91 Å². The number of carbonyl (C=O) groups is 1. The highest BCUT2D eigenvalue weighted by atomic mass is 16.5. The smallest absolute Gasteiger partial charge is 0.269 e. The number of nitrogens with zero attached hydrogens (tertiary/aromatic N) is 3. The highest BCUT2D eigenvalue weighted by Gasteiger charge is 2.29. The molecule has 0 radical (unpaired) electrons. The van der Waals surface area contributed by atoms with E-state index in [1.807, 2.05) is 19.0 Å². The monoisotopic (exact) mass is 326 g/mol.